The highest BCUT2D eigenvalue weighted by Crippen LogP contribution is 2.19. The molecule has 2 N–H and O–H groups in total. The van der Waals surface area contributed by atoms with Crippen LogP contribution in [0.25, 0.3) is 11.1 Å². The van der Waals surface area contributed by atoms with Gasteiger partial charge in [-0.15, -0.1) is 0 Å². The molecule has 0 unspecified atom stereocenters. The first kappa shape index (κ1) is 15.1. The van der Waals surface area contributed by atoms with Gasteiger partial charge in [-0.1, -0.05) is 54.6 Å². The monoisotopic (exact) mass is 310 g/mol. The Hall–Kier alpha value is -2.82. The van der Waals surface area contributed by atoms with E-state index in [1.165, 1.54) is 0 Å². The minimum atomic E-state index is -0.580. The van der Waals surface area contributed by atoms with Crippen molar-refractivity contribution in [3.63, 3.8) is 0 Å². The summed E-state index contributed by atoms with van der Waals surface area (Å²) in [6.07, 6.45) is -0.580. The fourth-order valence-electron chi connectivity index (χ4n) is 2.46. The zero-order chi connectivity index (χ0) is 16.2. The van der Waals surface area contributed by atoms with Gasteiger partial charge in [0.25, 0.3) is 0 Å². The van der Waals surface area contributed by atoms with Gasteiger partial charge in [0.2, 0.25) is 5.91 Å². The summed E-state index contributed by atoms with van der Waals surface area (Å²) in [5, 5.41) is 5.20. The van der Waals surface area contributed by atoms with Crippen LogP contribution in [0.1, 0.15) is 12.5 Å². The molecule has 0 aliphatic carbocycles. The van der Waals surface area contributed by atoms with E-state index < -0.39 is 12.1 Å². The molecule has 1 aliphatic rings. The van der Waals surface area contributed by atoms with Crippen molar-refractivity contribution in [2.24, 2.45) is 0 Å². The summed E-state index contributed by atoms with van der Waals surface area (Å²) in [5.41, 5.74) is 3.15. The number of nitrogens with one attached hydrogen (secondary N) is 2. The van der Waals surface area contributed by atoms with Gasteiger partial charge in [-0.2, -0.15) is 0 Å². The van der Waals surface area contributed by atoms with Gasteiger partial charge in [-0.05, 0) is 23.6 Å². The Balaban J connectivity index is 1.52. The molecule has 1 aliphatic heterocycles. The van der Waals surface area contributed by atoms with Gasteiger partial charge in [0.15, 0.2) is 0 Å². The van der Waals surface area contributed by atoms with Crippen LogP contribution in [0.5, 0.6) is 0 Å². The topological polar surface area (TPSA) is 67.4 Å². The fraction of sp³-hybridized carbons (Fsp3) is 0.222. The summed E-state index contributed by atoms with van der Waals surface area (Å²) < 4.78 is 5.15. The number of carbonyl (C=O) groups excluding carboxylic acids is 2. The number of amides is 2. The van der Waals surface area contributed by atoms with Gasteiger partial charge < -0.3 is 15.4 Å². The Labute approximate surface area is 134 Å². The van der Waals surface area contributed by atoms with Crippen molar-refractivity contribution in [1.29, 1.82) is 0 Å². The molecule has 1 fully saturated rings. The van der Waals surface area contributed by atoms with Crippen LogP contribution >= 0.6 is 0 Å². The SMILES string of the molecule is C[C@@H]1NC(=O)[C@H]1NC(=O)OCc1ccc(-c2ccccc2)cc1. The van der Waals surface area contributed by atoms with Gasteiger partial charge in [-0.3, -0.25) is 4.79 Å². The molecule has 3 rings (SSSR count). The molecule has 0 bridgehead atoms. The van der Waals surface area contributed by atoms with Gasteiger partial charge in [0.05, 0.1) is 6.04 Å². The summed E-state index contributed by atoms with van der Waals surface area (Å²) in [4.78, 5) is 22.9. The molecule has 2 aromatic rings. The third kappa shape index (κ3) is 3.51. The first-order chi connectivity index (χ1) is 11.1. The quantitative estimate of drug-likeness (QED) is 0.853. The second-order valence-electron chi connectivity index (χ2n) is 5.56. The largest absolute Gasteiger partial charge is 0.445 e. The lowest BCUT2D eigenvalue weighted by Crippen LogP contribution is -2.67. The summed E-state index contributed by atoms with van der Waals surface area (Å²) in [6.45, 7) is 2.00. The van der Waals surface area contributed by atoms with Gasteiger partial charge in [0.1, 0.15) is 12.6 Å². The van der Waals surface area contributed by atoms with Crippen molar-refractivity contribution >= 4 is 12.0 Å². The lowest BCUT2D eigenvalue weighted by atomic mass is 10.0. The van der Waals surface area contributed by atoms with Crippen molar-refractivity contribution < 1.29 is 14.3 Å². The number of β-lactam (4-membered cyclic amide) rings is 1. The van der Waals surface area contributed by atoms with E-state index in [0.29, 0.717) is 0 Å². The zero-order valence-electron chi connectivity index (χ0n) is 12.8. The van der Waals surface area contributed by atoms with Crippen molar-refractivity contribution in [3.05, 3.63) is 60.2 Å². The fourth-order valence-corrected chi connectivity index (χ4v) is 2.46. The van der Waals surface area contributed by atoms with Crippen LogP contribution in [0.2, 0.25) is 0 Å². The van der Waals surface area contributed by atoms with E-state index in [1.54, 1.807) is 0 Å². The Morgan fingerprint density at radius 1 is 1.09 bits per heavy atom. The highest BCUT2D eigenvalue weighted by atomic mass is 16.5. The Morgan fingerprint density at radius 2 is 1.74 bits per heavy atom. The molecule has 118 valence electrons. The standard InChI is InChI=1S/C18H18N2O3/c1-12-16(17(21)19-12)20-18(22)23-11-13-7-9-15(10-8-13)14-5-3-2-4-6-14/h2-10,12,16H,11H2,1H3,(H,19,21)(H,20,22)/t12-,16-/m0/s1. The summed E-state index contributed by atoms with van der Waals surface area (Å²) in [6, 6.07) is 17.3. The zero-order valence-corrected chi connectivity index (χ0v) is 12.8. The van der Waals surface area contributed by atoms with Crippen LogP contribution in [0, 0.1) is 0 Å². The maximum Gasteiger partial charge on any atom is 0.408 e. The number of ether oxygens (including phenoxy) is 1. The van der Waals surface area contributed by atoms with E-state index in [0.717, 1.165) is 16.7 Å². The molecule has 5 heteroatoms. The van der Waals surface area contributed by atoms with E-state index in [9.17, 15) is 9.59 Å². The lowest BCUT2D eigenvalue weighted by Gasteiger charge is -2.33. The molecule has 2 amide bonds. The van der Waals surface area contributed by atoms with Crippen LogP contribution in [0.15, 0.2) is 54.6 Å². The molecule has 0 spiro atoms. The van der Waals surface area contributed by atoms with Crippen molar-refractivity contribution in [2.45, 2.75) is 25.6 Å². The number of rotatable bonds is 4. The highest BCUT2D eigenvalue weighted by Gasteiger charge is 2.37. The maximum absolute atomic E-state index is 11.7. The predicted octanol–water partition coefficient (Wildman–Crippen LogP) is 2.47. The summed E-state index contributed by atoms with van der Waals surface area (Å²) in [7, 11) is 0. The van der Waals surface area contributed by atoms with Crippen molar-refractivity contribution in [2.75, 3.05) is 0 Å². The van der Waals surface area contributed by atoms with E-state index >= 15 is 0 Å². The van der Waals surface area contributed by atoms with Crippen molar-refractivity contribution in [3.8, 4) is 11.1 Å². The second kappa shape index (κ2) is 6.52. The van der Waals surface area contributed by atoms with Gasteiger partial charge >= 0.3 is 6.09 Å². The number of benzene rings is 2. The predicted molar refractivity (Wildman–Crippen MR) is 86.6 cm³/mol. The molecule has 1 saturated heterocycles. The molecule has 0 saturated carbocycles. The average Bonchev–Trinajstić information content (AvgIpc) is 2.59. The molecule has 0 radical (unpaired) electrons. The minimum Gasteiger partial charge on any atom is -0.445 e. The van der Waals surface area contributed by atoms with Crippen LogP contribution in [0.4, 0.5) is 4.79 Å². The van der Waals surface area contributed by atoms with E-state index in [2.05, 4.69) is 10.6 Å². The molecular weight excluding hydrogens is 292 g/mol. The average molecular weight is 310 g/mol. The van der Waals surface area contributed by atoms with E-state index in [1.807, 2.05) is 61.5 Å². The molecule has 2 atom stereocenters. The second-order valence-corrected chi connectivity index (χ2v) is 5.56. The third-order valence-corrected chi connectivity index (χ3v) is 3.86. The summed E-state index contributed by atoms with van der Waals surface area (Å²) in [5.74, 6) is -0.179. The molecule has 23 heavy (non-hydrogen) atoms. The highest BCUT2D eigenvalue weighted by molar-refractivity contribution is 5.92. The van der Waals surface area contributed by atoms with Crippen LogP contribution in [-0.4, -0.2) is 24.1 Å². The van der Waals surface area contributed by atoms with Crippen LogP contribution in [0.3, 0.4) is 0 Å². The Bertz CT molecular complexity index is 698. The minimum absolute atomic E-state index is 0.0554. The van der Waals surface area contributed by atoms with Gasteiger partial charge in [0, 0.05) is 0 Å². The molecular formula is C18H18N2O3. The maximum atomic E-state index is 11.7. The first-order valence-corrected chi connectivity index (χ1v) is 7.51. The van der Waals surface area contributed by atoms with Crippen molar-refractivity contribution in [1.82, 2.24) is 10.6 Å². The number of hydrogen-bond acceptors (Lipinski definition) is 3. The number of alkyl carbamates (subject to hydrolysis) is 1. The summed E-state index contributed by atoms with van der Waals surface area (Å²) >= 11 is 0. The van der Waals surface area contributed by atoms with E-state index in [4.69, 9.17) is 4.74 Å². The molecule has 2 aromatic carbocycles. The van der Waals surface area contributed by atoms with Gasteiger partial charge in [-0.25, -0.2) is 4.79 Å². The molecule has 0 aromatic heterocycles. The molecule has 1 heterocycles. The third-order valence-electron chi connectivity index (χ3n) is 3.86. The number of carbonyl (C=O) groups is 2. The molecule has 5 nitrogen and oxygen atoms in total. The van der Waals surface area contributed by atoms with Crippen LogP contribution < -0.4 is 10.6 Å². The normalized spacial score (nSPS) is 19.4. The lowest BCUT2D eigenvalue weighted by molar-refractivity contribution is -0.131. The van der Waals surface area contributed by atoms with Crippen LogP contribution in [-0.2, 0) is 16.1 Å². The Morgan fingerprint density at radius 3 is 2.35 bits per heavy atom. The van der Waals surface area contributed by atoms with E-state index in [-0.39, 0.29) is 18.6 Å². The smallest absolute Gasteiger partial charge is 0.408 e. The Kier molecular flexibility index (Phi) is 4.28. The first-order valence-electron chi connectivity index (χ1n) is 7.51. The number of hydrogen-bond donors (Lipinski definition) is 2.